The number of hydrogen-bond acceptors (Lipinski definition) is 4. The Morgan fingerprint density at radius 3 is 2.37 bits per heavy atom. The zero-order chi connectivity index (χ0) is 14.4. The fourth-order valence-electron chi connectivity index (χ4n) is 2.67. The number of halogens is 3. The van der Waals surface area contributed by atoms with Crippen LogP contribution in [0, 0.1) is 11.8 Å². The van der Waals surface area contributed by atoms with Crippen molar-refractivity contribution < 1.29 is 17.9 Å². The molecule has 7 heteroatoms. The van der Waals surface area contributed by atoms with Gasteiger partial charge in [0.05, 0.1) is 12.2 Å². The summed E-state index contributed by atoms with van der Waals surface area (Å²) in [5.41, 5.74) is 6.12. The minimum Gasteiger partial charge on any atom is -0.375 e. The van der Waals surface area contributed by atoms with Gasteiger partial charge in [-0.25, -0.2) is 4.98 Å². The number of ether oxygens (including phenoxy) is 1. The van der Waals surface area contributed by atoms with Crippen LogP contribution in [0.1, 0.15) is 36.7 Å². The summed E-state index contributed by atoms with van der Waals surface area (Å²) in [7, 11) is 0. The molecule has 3 nitrogen and oxygen atoms in total. The van der Waals surface area contributed by atoms with E-state index in [4.69, 9.17) is 10.5 Å². The van der Waals surface area contributed by atoms with Crippen LogP contribution in [0.15, 0.2) is 6.20 Å². The SMILES string of the molecule is CC1OC(C)C(C(N)c2cnc(C(F)(F)F)s2)C1C. The largest absolute Gasteiger partial charge is 0.443 e. The van der Waals surface area contributed by atoms with Crippen molar-refractivity contribution in [2.45, 2.75) is 45.2 Å². The molecule has 0 amide bonds. The topological polar surface area (TPSA) is 48.1 Å². The van der Waals surface area contributed by atoms with Crippen molar-refractivity contribution in [3.05, 3.63) is 16.1 Å². The molecule has 19 heavy (non-hydrogen) atoms. The Hall–Kier alpha value is -0.660. The van der Waals surface area contributed by atoms with E-state index in [2.05, 4.69) is 4.98 Å². The van der Waals surface area contributed by atoms with Gasteiger partial charge in [0.1, 0.15) is 0 Å². The number of rotatable bonds is 2. The lowest BCUT2D eigenvalue weighted by molar-refractivity contribution is -0.137. The van der Waals surface area contributed by atoms with E-state index in [1.165, 1.54) is 6.20 Å². The van der Waals surface area contributed by atoms with Crippen LogP contribution in [0.5, 0.6) is 0 Å². The Morgan fingerprint density at radius 2 is 1.95 bits per heavy atom. The molecule has 2 heterocycles. The van der Waals surface area contributed by atoms with Crippen LogP contribution in [0.4, 0.5) is 13.2 Å². The average Bonchev–Trinajstić information content (AvgIpc) is 2.84. The third-order valence-electron chi connectivity index (χ3n) is 3.83. The maximum Gasteiger partial charge on any atom is 0.443 e. The minimum atomic E-state index is -4.40. The first-order valence-corrected chi connectivity index (χ1v) is 6.97. The van der Waals surface area contributed by atoms with Crippen LogP contribution in [0.3, 0.4) is 0 Å². The molecule has 5 atom stereocenters. The summed E-state index contributed by atoms with van der Waals surface area (Å²) in [6.07, 6.45) is -3.16. The summed E-state index contributed by atoms with van der Waals surface area (Å²) in [6, 6.07) is -0.469. The van der Waals surface area contributed by atoms with E-state index in [-0.39, 0.29) is 24.0 Å². The zero-order valence-corrected chi connectivity index (χ0v) is 11.8. The van der Waals surface area contributed by atoms with Crippen molar-refractivity contribution in [2.75, 3.05) is 0 Å². The molecule has 2 N–H and O–H groups in total. The van der Waals surface area contributed by atoms with Crippen LogP contribution in [0.2, 0.25) is 0 Å². The van der Waals surface area contributed by atoms with Gasteiger partial charge >= 0.3 is 6.18 Å². The van der Waals surface area contributed by atoms with Crippen LogP contribution < -0.4 is 5.73 Å². The molecule has 0 saturated carbocycles. The smallest absolute Gasteiger partial charge is 0.375 e. The van der Waals surface area contributed by atoms with Gasteiger partial charge < -0.3 is 10.5 Å². The molecule has 0 radical (unpaired) electrons. The molecule has 108 valence electrons. The number of thiazole rings is 1. The summed E-state index contributed by atoms with van der Waals surface area (Å²) >= 11 is 0.623. The lowest BCUT2D eigenvalue weighted by Crippen LogP contribution is -2.30. The van der Waals surface area contributed by atoms with Crippen LogP contribution in [-0.4, -0.2) is 17.2 Å². The number of aromatic nitrogens is 1. The van der Waals surface area contributed by atoms with Crippen LogP contribution >= 0.6 is 11.3 Å². The molecular formula is C12H17F3N2OS. The van der Waals surface area contributed by atoms with Gasteiger partial charge in [-0.1, -0.05) is 6.92 Å². The molecular weight excluding hydrogens is 277 g/mol. The van der Waals surface area contributed by atoms with Crippen molar-refractivity contribution in [1.82, 2.24) is 4.98 Å². The molecule has 1 aliphatic rings. The van der Waals surface area contributed by atoms with Crippen LogP contribution in [0.25, 0.3) is 0 Å². The van der Waals surface area contributed by atoms with E-state index in [1.54, 1.807) is 0 Å². The van der Waals surface area contributed by atoms with Crippen molar-refractivity contribution in [1.29, 1.82) is 0 Å². The normalized spacial score (nSPS) is 33.6. The maximum absolute atomic E-state index is 12.5. The van der Waals surface area contributed by atoms with Crippen molar-refractivity contribution in [3.8, 4) is 0 Å². The predicted octanol–water partition coefficient (Wildman–Crippen LogP) is 3.22. The Morgan fingerprint density at radius 1 is 1.32 bits per heavy atom. The molecule has 1 aromatic heterocycles. The second-order valence-corrected chi connectivity index (χ2v) is 6.14. The maximum atomic E-state index is 12.5. The van der Waals surface area contributed by atoms with Crippen molar-refractivity contribution in [3.63, 3.8) is 0 Å². The molecule has 1 aromatic rings. The molecule has 1 fully saturated rings. The molecule has 1 saturated heterocycles. The van der Waals surface area contributed by atoms with Gasteiger partial charge in [0.15, 0.2) is 5.01 Å². The van der Waals surface area contributed by atoms with E-state index >= 15 is 0 Å². The number of nitrogens with zero attached hydrogens (tertiary/aromatic N) is 1. The van der Waals surface area contributed by atoms with E-state index in [0.29, 0.717) is 16.2 Å². The van der Waals surface area contributed by atoms with Crippen molar-refractivity contribution >= 4 is 11.3 Å². The fourth-order valence-corrected chi connectivity index (χ4v) is 3.52. The average molecular weight is 294 g/mol. The van der Waals surface area contributed by atoms with Gasteiger partial charge in [-0.05, 0) is 19.8 Å². The Balaban J connectivity index is 2.20. The van der Waals surface area contributed by atoms with Gasteiger partial charge in [0.25, 0.3) is 0 Å². The highest BCUT2D eigenvalue weighted by Crippen LogP contribution is 2.42. The van der Waals surface area contributed by atoms with Crippen molar-refractivity contribution in [2.24, 2.45) is 17.6 Å². The third-order valence-corrected chi connectivity index (χ3v) is 4.97. The predicted molar refractivity (Wildman–Crippen MR) is 66.7 cm³/mol. The second kappa shape index (κ2) is 5.03. The summed E-state index contributed by atoms with van der Waals surface area (Å²) in [5, 5.41) is -0.842. The molecule has 5 unspecified atom stereocenters. The molecule has 0 aromatic carbocycles. The quantitative estimate of drug-likeness (QED) is 0.911. The summed E-state index contributed by atoms with van der Waals surface area (Å²) < 4.78 is 43.3. The first-order valence-electron chi connectivity index (χ1n) is 6.15. The number of hydrogen-bond donors (Lipinski definition) is 1. The van der Waals surface area contributed by atoms with Gasteiger partial charge in [-0.2, -0.15) is 13.2 Å². The zero-order valence-electron chi connectivity index (χ0n) is 10.9. The number of nitrogens with two attached hydrogens (primary N) is 1. The van der Waals surface area contributed by atoms with E-state index in [1.807, 2.05) is 20.8 Å². The standard InChI is InChI=1S/C12H17F3N2OS/c1-5-6(2)18-7(3)9(5)10(16)8-4-17-11(19-8)12(13,14)15/h4-7,9-10H,16H2,1-3H3. The highest BCUT2D eigenvalue weighted by Gasteiger charge is 2.42. The third kappa shape index (κ3) is 2.78. The Kier molecular flexibility index (Phi) is 3.90. The summed E-state index contributed by atoms with van der Waals surface area (Å²) in [4.78, 5) is 3.89. The van der Waals surface area contributed by atoms with Gasteiger partial charge in [-0.3, -0.25) is 0 Å². The molecule has 0 bridgehead atoms. The second-order valence-electron chi connectivity index (χ2n) is 5.07. The Bertz CT molecular complexity index is 448. The fraction of sp³-hybridized carbons (Fsp3) is 0.750. The lowest BCUT2D eigenvalue weighted by Gasteiger charge is -2.24. The molecule has 1 aliphatic heterocycles. The molecule has 2 rings (SSSR count). The highest BCUT2D eigenvalue weighted by molar-refractivity contribution is 7.11. The van der Waals surface area contributed by atoms with Gasteiger partial charge in [0, 0.05) is 23.0 Å². The first-order chi connectivity index (χ1) is 8.71. The lowest BCUT2D eigenvalue weighted by atomic mass is 9.83. The van der Waals surface area contributed by atoms with E-state index < -0.39 is 17.2 Å². The van der Waals surface area contributed by atoms with Gasteiger partial charge in [-0.15, -0.1) is 11.3 Å². The first kappa shape index (κ1) is 14.7. The van der Waals surface area contributed by atoms with Gasteiger partial charge in [0.2, 0.25) is 0 Å². The summed E-state index contributed by atoms with van der Waals surface area (Å²) in [5.74, 6) is 0.220. The van der Waals surface area contributed by atoms with E-state index in [9.17, 15) is 13.2 Å². The summed E-state index contributed by atoms with van der Waals surface area (Å²) in [6.45, 7) is 5.89. The molecule has 0 aliphatic carbocycles. The minimum absolute atomic E-state index is 0.0107. The van der Waals surface area contributed by atoms with Crippen LogP contribution in [-0.2, 0) is 10.9 Å². The molecule has 0 spiro atoms. The van der Waals surface area contributed by atoms with E-state index in [0.717, 1.165) is 0 Å². The Labute approximate surface area is 114 Å². The highest BCUT2D eigenvalue weighted by atomic mass is 32.1. The number of alkyl halides is 3. The monoisotopic (exact) mass is 294 g/mol.